The van der Waals surface area contributed by atoms with Crippen molar-refractivity contribution in [3.63, 3.8) is 0 Å². The third-order valence-electron chi connectivity index (χ3n) is 4.25. The van der Waals surface area contributed by atoms with E-state index >= 15 is 0 Å². The van der Waals surface area contributed by atoms with Crippen molar-refractivity contribution >= 4 is 0 Å². The maximum absolute atomic E-state index is 9.47. The second kappa shape index (κ2) is 6.18. The molecule has 2 rings (SSSR count). The van der Waals surface area contributed by atoms with E-state index in [2.05, 4.69) is 17.9 Å². The number of rotatable bonds is 4. The molecule has 1 heterocycles. The van der Waals surface area contributed by atoms with E-state index in [4.69, 9.17) is 5.73 Å². The van der Waals surface area contributed by atoms with Gasteiger partial charge in [0.15, 0.2) is 0 Å². The van der Waals surface area contributed by atoms with E-state index in [-0.39, 0.29) is 0 Å². The molecule has 1 unspecified atom stereocenters. The van der Waals surface area contributed by atoms with Crippen LogP contribution in [-0.4, -0.2) is 24.5 Å². The summed E-state index contributed by atoms with van der Waals surface area (Å²) in [7, 11) is 0. The normalized spacial score (nSPS) is 20.7. The van der Waals surface area contributed by atoms with Crippen molar-refractivity contribution < 1.29 is 0 Å². The predicted molar refractivity (Wildman–Crippen MR) is 77.4 cm³/mol. The molecular weight excluding hydrogens is 234 g/mol. The SMILES string of the molecule is CCC1CCN(CC(N)(C#N)c2ccccc2)CC1. The van der Waals surface area contributed by atoms with Crippen LogP contribution in [0.1, 0.15) is 31.7 Å². The summed E-state index contributed by atoms with van der Waals surface area (Å²) in [6, 6.07) is 12.0. The Morgan fingerprint density at radius 1 is 1.32 bits per heavy atom. The van der Waals surface area contributed by atoms with Gasteiger partial charge in [0.25, 0.3) is 0 Å². The fourth-order valence-corrected chi connectivity index (χ4v) is 2.83. The average Bonchev–Trinajstić information content (AvgIpc) is 2.49. The fraction of sp³-hybridized carbons (Fsp3) is 0.562. The van der Waals surface area contributed by atoms with Crippen LogP contribution in [0.25, 0.3) is 0 Å². The number of hydrogen-bond donors (Lipinski definition) is 1. The van der Waals surface area contributed by atoms with Gasteiger partial charge in [-0.3, -0.25) is 0 Å². The molecule has 0 amide bonds. The predicted octanol–water partition coefficient (Wildman–Crippen LogP) is 2.49. The highest BCUT2D eigenvalue weighted by atomic mass is 15.1. The Morgan fingerprint density at radius 2 is 1.95 bits per heavy atom. The molecule has 1 fully saturated rings. The molecule has 2 N–H and O–H groups in total. The Morgan fingerprint density at radius 3 is 2.47 bits per heavy atom. The molecule has 3 nitrogen and oxygen atoms in total. The van der Waals surface area contributed by atoms with Gasteiger partial charge in [-0.1, -0.05) is 43.7 Å². The highest BCUT2D eigenvalue weighted by Gasteiger charge is 2.31. The quantitative estimate of drug-likeness (QED) is 0.901. The first-order valence-corrected chi connectivity index (χ1v) is 7.16. The number of nitriles is 1. The van der Waals surface area contributed by atoms with E-state index in [1.54, 1.807) is 0 Å². The number of likely N-dealkylation sites (tertiary alicyclic amines) is 1. The van der Waals surface area contributed by atoms with E-state index < -0.39 is 5.54 Å². The zero-order valence-electron chi connectivity index (χ0n) is 11.7. The van der Waals surface area contributed by atoms with Crippen LogP contribution in [0.15, 0.2) is 30.3 Å². The number of benzene rings is 1. The molecular formula is C16H23N3. The standard InChI is InChI=1S/C16H23N3/c1-2-14-8-10-19(11-9-14)13-16(18,12-17)15-6-4-3-5-7-15/h3-7,14H,2,8-11,13,18H2,1H3. The van der Waals surface area contributed by atoms with Gasteiger partial charge in [0.05, 0.1) is 6.07 Å². The van der Waals surface area contributed by atoms with Gasteiger partial charge in [0.1, 0.15) is 5.54 Å². The molecule has 102 valence electrons. The van der Waals surface area contributed by atoms with Gasteiger partial charge in [-0.2, -0.15) is 5.26 Å². The second-order valence-corrected chi connectivity index (χ2v) is 5.58. The van der Waals surface area contributed by atoms with Crippen LogP contribution in [0.4, 0.5) is 0 Å². The first-order valence-electron chi connectivity index (χ1n) is 7.16. The second-order valence-electron chi connectivity index (χ2n) is 5.58. The minimum Gasteiger partial charge on any atom is -0.309 e. The summed E-state index contributed by atoms with van der Waals surface area (Å²) in [6.45, 7) is 5.01. The smallest absolute Gasteiger partial charge is 0.142 e. The molecule has 0 aromatic heterocycles. The lowest BCUT2D eigenvalue weighted by atomic mass is 9.89. The zero-order chi connectivity index (χ0) is 13.7. The molecule has 1 aromatic carbocycles. The minimum absolute atomic E-state index is 0.629. The average molecular weight is 257 g/mol. The van der Waals surface area contributed by atoms with E-state index in [0.29, 0.717) is 6.54 Å². The highest BCUT2D eigenvalue weighted by molar-refractivity contribution is 5.31. The van der Waals surface area contributed by atoms with Crippen molar-refractivity contribution in [2.45, 2.75) is 31.7 Å². The minimum atomic E-state index is -0.889. The molecule has 1 aliphatic heterocycles. The van der Waals surface area contributed by atoms with Crippen LogP contribution in [0.3, 0.4) is 0 Å². The Balaban J connectivity index is 2.02. The van der Waals surface area contributed by atoms with Crippen molar-refractivity contribution in [2.24, 2.45) is 11.7 Å². The Hall–Kier alpha value is -1.37. The van der Waals surface area contributed by atoms with E-state index in [1.165, 1.54) is 19.3 Å². The van der Waals surface area contributed by atoms with E-state index in [0.717, 1.165) is 24.6 Å². The molecule has 0 spiro atoms. The molecule has 19 heavy (non-hydrogen) atoms. The van der Waals surface area contributed by atoms with Crippen molar-refractivity contribution in [3.05, 3.63) is 35.9 Å². The lowest BCUT2D eigenvalue weighted by Gasteiger charge is -2.35. The lowest BCUT2D eigenvalue weighted by Crippen LogP contribution is -2.48. The van der Waals surface area contributed by atoms with Gasteiger partial charge in [-0.15, -0.1) is 0 Å². The molecule has 3 heteroatoms. The van der Waals surface area contributed by atoms with E-state index in [1.807, 2.05) is 30.3 Å². The molecule has 0 bridgehead atoms. The van der Waals surface area contributed by atoms with Crippen molar-refractivity contribution in [2.75, 3.05) is 19.6 Å². The Kier molecular flexibility index (Phi) is 4.57. The van der Waals surface area contributed by atoms with Crippen molar-refractivity contribution in [1.82, 2.24) is 4.90 Å². The molecule has 0 aliphatic carbocycles. The molecule has 0 radical (unpaired) electrons. The maximum atomic E-state index is 9.47. The summed E-state index contributed by atoms with van der Waals surface area (Å²) < 4.78 is 0. The summed E-state index contributed by atoms with van der Waals surface area (Å²) in [5.74, 6) is 0.849. The van der Waals surface area contributed by atoms with Crippen LogP contribution < -0.4 is 5.73 Å². The number of hydrogen-bond acceptors (Lipinski definition) is 3. The highest BCUT2D eigenvalue weighted by Crippen LogP contribution is 2.24. The topological polar surface area (TPSA) is 53.0 Å². The zero-order valence-corrected chi connectivity index (χ0v) is 11.7. The van der Waals surface area contributed by atoms with Gasteiger partial charge in [-0.05, 0) is 37.4 Å². The van der Waals surface area contributed by atoms with Crippen molar-refractivity contribution in [3.8, 4) is 6.07 Å². The summed E-state index contributed by atoms with van der Waals surface area (Å²) >= 11 is 0. The van der Waals surface area contributed by atoms with Gasteiger partial charge in [0, 0.05) is 6.54 Å². The molecule has 1 aromatic rings. The Bertz CT molecular complexity index is 429. The summed E-state index contributed by atoms with van der Waals surface area (Å²) in [5.41, 5.74) is 6.34. The maximum Gasteiger partial charge on any atom is 0.142 e. The molecule has 0 saturated carbocycles. The largest absolute Gasteiger partial charge is 0.309 e. The van der Waals surface area contributed by atoms with Crippen molar-refractivity contribution in [1.29, 1.82) is 5.26 Å². The van der Waals surface area contributed by atoms with Crippen LogP contribution in [0.5, 0.6) is 0 Å². The Labute approximate surface area is 116 Å². The number of piperidine rings is 1. The third-order valence-corrected chi connectivity index (χ3v) is 4.25. The molecule has 1 atom stereocenters. The first kappa shape index (κ1) is 14.0. The van der Waals surface area contributed by atoms with Gasteiger partial charge >= 0.3 is 0 Å². The summed E-state index contributed by atoms with van der Waals surface area (Å²) in [4.78, 5) is 2.34. The summed E-state index contributed by atoms with van der Waals surface area (Å²) in [5, 5.41) is 9.47. The van der Waals surface area contributed by atoms with Gasteiger partial charge < -0.3 is 10.6 Å². The van der Waals surface area contributed by atoms with Crippen LogP contribution in [0, 0.1) is 17.2 Å². The lowest BCUT2D eigenvalue weighted by molar-refractivity contribution is 0.160. The molecule has 1 saturated heterocycles. The number of nitrogens with two attached hydrogens (primary N) is 1. The van der Waals surface area contributed by atoms with Crippen LogP contribution in [-0.2, 0) is 5.54 Å². The third kappa shape index (κ3) is 3.34. The monoisotopic (exact) mass is 257 g/mol. The number of nitrogens with zero attached hydrogens (tertiary/aromatic N) is 2. The van der Waals surface area contributed by atoms with Crippen LogP contribution >= 0.6 is 0 Å². The van der Waals surface area contributed by atoms with Gasteiger partial charge in [0.2, 0.25) is 0 Å². The fourth-order valence-electron chi connectivity index (χ4n) is 2.83. The van der Waals surface area contributed by atoms with E-state index in [9.17, 15) is 5.26 Å². The first-order chi connectivity index (χ1) is 9.18. The molecule has 1 aliphatic rings. The van der Waals surface area contributed by atoms with Crippen LogP contribution in [0.2, 0.25) is 0 Å². The van der Waals surface area contributed by atoms with Gasteiger partial charge in [-0.25, -0.2) is 0 Å². The summed E-state index contributed by atoms with van der Waals surface area (Å²) in [6.07, 6.45) is 3.72.